The maximum absolute atomic E-state index is 12.6. The number of alkyl halides is 3. The number of amides is 1. The molecule has 1 saturated heterocycles. The highest BCUT2D eigenvalue weighted by atomic mass is 35.5. The second kappa shape index (κ2) is 9.61. The minimum Gasteiger partial charge on any atom is -0.325 e. The van der Waals surface area contributed by atoms with Crippen LogP contribution in [0.4, 0.5) is 18.9 Å². The normalized spacial score (nSPS) is 16.0. The molecule has 1 heterocycles. The highest BCUT2D eigenvalue weighted by Gasteiger charge is 2.30. The molecule has 0 bridgehead atoms. The van der Waals surface area contributed by atoms with Gasteiger partial charge in [-0.1, -0.05) is 35.9 Å². The van der Waals surface area contributed by atoms with Crippen molar-refractivity contribution < 1.29 is 18.0 Å². The molecule has 8 heteroatoms. The number of anilines is 1. The Morgan fingerprint density at radius 3 is 2.21 bits per heavy atom. The molecule has 1 aliphatic rings. The van der Waals surface area contributed by atoms with Crippen LogP contribution >= 0.6 is 11.6 Å². The van der Waals surface area contributed by atoms with Gasteiger partial charge in [0.1, 0.15) is 0 Å². The Bertz CT molecular complexity index is 819. The van der Waals surface area contributed by atoms with Crippen LogP contribution in [-0.4, -0.2) is 48.4 Å². The van der Waals surface area contributed by atoms with Crippen LogP contribution in [0.1, 0.15) is 17.5 Å². The van der Waals surface area contributed by atoms with Crippen LogP contribution in [0.2, 0.25) is 5.02 Å². The van der Waals surface area contributed by atoms with E-state index < -0.39 is 11.7 Å². The topological polar surface area (TPSA) is 35.6 Å². The van der Waals surface area contributed by atoms with Crippen molar-refractivity contribution in [3.63, 3.8) is 0 Å². The Hall–Kier alpha value is -2.09. The molecule has 3 rings (SSSR count). The maximum Gasteiger partial charge on any atom is 0.416 e. The molecule has 2 aromatic rings. The van der Waals surface area contributed by atoms with Crippen molar-refractivity contribution in [3.05, 3.63) is 64.7 Å². The lowest BCUT2D eigenvalue weighted by Crippen LogP contribution is -2.46. The van der Waals surface area contributed by atoms with E-state index >= 15 is 0 Å². The van der Waals surface area contributed by atoms with E-state index in [1.54, 1.807) is 12.1 Å². The van der Waals surface area contributed by atoms with Gasteiger partial charge in [-0.3, -0.25) is 9.69 Å². The number of nitrogens with zero attached hydrogens (tertiary/aromatic N) is 2. The van der Waals surface area contributed by atoms with Crippen LogP contribution in [-0.2, 0) is 17.5 Å². The van der Waals surface area contributed by atoms with Crippen LogP contribution in [0.3, 0.4) is 0 Å². The number of rotatable bonds is 6. The number of halogens is 4. The standard InChI is InChI=1S/C21H23ClF3N3O/c22-18-3-1-2-4-19(18)26-20(29)9-10-27-11-13-28(14-12-27)15-16-5-7-17(8-6-16)21(23,24)25/h1-8H,9-15H2,(H,26,29). The molecule has 0 saturated carbocycles. The van der Waals surface area contributed by atoms with Crippen molar-refractivity contribution in [2.45, 2.75) is 19.1 Å². The molecule has 29 heavy (non-hydrogen) atoms. The van der Waals surface area contributed by atoms with Crippen molar-refractivity contribution in [1.82, 2.24) is 9.80 Å². The van der Waals surface area contributed by atoms with Crippen molar-refractivity contribution in [2.24, 2.45) is 0 Å². The lowest BCUT2D eigenvalue weighted by Gasteiger charge is -2.34. The first-order valence-electron chi connectivity index (χ1n) is 9.46. The van der Waals surface area contributed by atoms with Crippen molar-refractivity contribution in [3.8, 4) is 0 Å². The summed E-state index contributed by atoms with van der Waals surface area (Å²) in [5, 5.41) is 3.33. The molecule has 0 aromatic heterocycles. The fraction of sp³-hybridized carbons (Fsp3) is 0.381. The zero-order valence-corrected chi connectivity index (χ0v) is 16.6. The summed E-state index contributed by atoms with van der Waals surface area (Å²) in [5.41, 5.74) is 0.854. The van der Waals surface area contributed by atoms with Gasteiger partial charge < -0.3 is 10.2 Å². The minimum absolute atomic E-state index is 0.0784. The first kappa shape index (κ1) is 21.6. The van der Waals surface area contributed by atoms with Crippen molar-refractivity contribution in [1.29, 1.82) is 0 Å². The quantitative estimate of drug-likeness (QED) is 0.740. The number of benzene rings is 2. The Kier molecular flexibility index (Phi) is 7.16. The van der Waals surface area contributed by atoms with Gasteiger partial charge in [0, 0.05) is 45.7 Å². The minimum atomic E-state index is -4.30. The van der Waals surface area contributed by atoms with E-state index in [2.05, 4.69) is 15.1 Å². The van der Waals surface area contributed by atoms with E-state index in [0.29, 0.717) is 30.2 Å². The van der Waals surface area contributed by atoms with Crippen LogP contribution < -0.4 is 5.32 Å². The predicted molar refractivity (Wildman–Crippen MR) is 108 cm³/mol. The second-order valence-electron chi connectivity index (χ2n) is 7.09. The summed E-state index contributed by atoms with van der Waals surface area (Å²) in [6.45, 7) is 4.55. The van der Waals surface area contributed by atoms with E-state index in [1.165, 1.54) is 12.1 Å². The molecule has 0 unspecified atom stereocenters. The second-order valence-corrected chi connectivity index (χ2v) is 7.50. The van der Waals surface area contributed by atoms with E-state index in [-0.39, 0.29) is 5.91 Å². The number of carbonyl (C=O) groups is 1. The first-order valence-corrected chi connectivity index (χ1v) is 9.84. The average molecular weight is 426 g/mol. The number of carbonyl (C=O) groups excluding carboxylic acids is 1. The highest BCUT2D eigenvalue weighted by molar-refractivity contribution is 6.33. The number of hydrogen-bond acceptors (Lipinski definition) is 3. The first-order chi connectivity index (χ1) is 13.8. The summed E-state index contributed by atoms with van der Waals surface area (Å²) in [4.78, 5) is 16.6. The van der Waals surface area contributed by atoms with Gasteiger partial charge in [0.15, 0.2) is 0 Å². The van der Waals surface area contributed by atoms with Crippen LogP contribution in [0.5, 0.6) is 0 Å². The third-order valence-electron chi connectivity index (χ3n) is 4.96. The Balaban J connectivity index is 1.39. The zero-order valence-electron chi connectivity index (χ0n) is 15.9. The number of piperazine rings is 1. The SMILES string of the molecule is O=C(CCN1CCN(Cc2ccc(C(F)(F)F)cc2)CC1)Nc1ccccc1Cl. The third kappa shape index (κ3) is 6.45. The smallest absolute Gasteiger partial charge is 0.325 e. The molecule has 1 amide bonds. The maximum atomic E-state index is 12.6. The summed E-state index contributed by atoms with van der Waals surface area (Å²) < 4.78 is 37.9. The summed E-state index contributed by atoms with van der Waals surface area (Å²) in [6.07, 6.45) is -3.92. The molecule has 2 aromatic carbocycles. The van der Waals surface area contributed by atoms with E-state index in [0.717, 1.165) is 43.9 Å². The molecule has 156 valence electrons. The molecule has 1 aliphatic heterocycles. The van der Waals surface area contributed by atoms with Gasteiger partial charge in [0.2, 0.25) is 5.91 Å². The Morgan fingerprint density at radius 1 is 0.966 bits per heavy atom. The van der Waals surface area contributed by atoms with Gasteiger partial charge in [-0.05, 0) is 29.8 Å². The van der Waals surface area contributed by atoms with Crippen molar-refractivity contribution >= 4 is 23.2 Å². The van der Waals surface area contributed by atoms with Crippen LogP contribution in [0, 0.1) is 0 Å². The van der Waals surface area contributed by atoms with E-state index in [1.807, 2.05) is 12.1 Å². The summed E-state index contributed by atoms with van der Waals surface area (Å²) in [5.74, 6) is -0.0784. The van der Waals surface area contributed by atoms with Crippen LogP contribution in [0.15, 0.2) is 48.5 Å². The molecule has 0 atom stereocenters. The van der Waals surface area contributed by atoms with Gasteiger partial charge in [-0.15, -0.1) is 0 Å². The number of nitrogens with one attached hydrogen (secondary N) is 1. The summed E-state index contributed by atoms with van der Waals surface area (Å²) in [6, 6.07) is 12.4. The van der Waals surface area contributed by atoms with Gasteiger partial charge in [-0.25, -0.2) is 0 Å². The molecular formula is C21H23ClF3N3O. The lowest BCUT2D eigenvalue weighted by molar-refractivity contribution is -0.137. The fourth-order valence-electron chi connectivity index (χ4n) is 3.26. The Labute approximate surface area is 173 Å². The lowest BCUT2D eigenvalue weighted by atomic mass is 10.1. The summed E-state index contributed by atoms with van der Waals surface area (Å²) in [7, 11) is 0. The van der Waals surface area contributed by atoms with Crippen LogP contribution in [0.25, 0.3) is 0 Å². The Morgan fingerprint density at radius 2 is 1.59 bits per heavy atom. The number of para-hydroxylation sites is 1. The fourth-order valence-corrected chi connectivity index (χ4v) is 3.45. The molecule has 4 nitrogen and oxygen atoms in total. The summed E-state index contributed by atoms with van der Waals surface area (Å²) >= 11 is 6.04. The van der Waals surface area contributed by atoms with E-state index in [4.69, 9.17) is 11.6 Å². The molecule has 0 aliphatic carbocycles. The molecular weight excluding hydrogens is 403 g/mol. The third-order valence-corrected chi connectivity index (χ3v) is 5.28. The number of hydrogen-bond donors (Lipinski definition) is 1. The zero-order chi connectivity index (χ0) is 20.9. The molecule has 1 fully saturated rings. The van der Waals surface area contributed by atoms with Gasteiger partial charge >= 0.3 is 6.18 Å². The van der Waals surface area contributed by atoms with Gasteiger partial charge in [0.25, 0.3) is 0 Å². The average Bonchev–Trinajstić information content (AvgIpc) is 2.69. The van der Waals surface area contributed by atoms with Gasteiger partial charge in [0.05, 0.1) is 16.3 Å². The predicted octanol–water partition coefficient (Wildman–Crippen LogP) is 4.51. The molecule has 0 spiro atoms. The molecule has 1 N–H and O–H groups in total. The van der Waals surface area contributed by atoms with E-state index in [9.17, 15) is 18.0 Å². The van der Waals surface area contributed by atoms with Crippen molar-refractivity contribution in [2.75, 3.05) is 38.0 Å². The monoisotopic (exact) mass is 425 g/mol. The molecule has 0 radical (unpaired) electrons. The van der Waals surface area contributed by atoms with Gasteiger partial charge in [-0.2, -0.15) is 13.2 Å². The largest absolute Gasteiger partial charge is 0.416 e. The highest BCUT2D eigenvalue weighted by Crippen LogP contribution is 2.29.